The Morgan fingerprint density at radius 1 is 1.25 bits per heavy atom. The lowest BCUT2D eigenvalue weighted by atomic mass is 10.0. The summed E-state index contributed by atoms with van der Waals surface area (Å²) >= 11 is 1.82. The molecule has 3 nitrogen and oxygen atoms in total. The Bertz CT molecular complexity index is 631. The van der Waals surface area contributed by atoms with Crippen LogP contribution in [0.3, 0.4) is 0 Å². The van der Waals surface area contributed by atoms with Gasteiger partial charge >= 0.3 is 0 Å². The van der Waals surface area contributed by atoms with Gasteiger partial charge in [0.05, 0.1) is 13.2 Å². The molecule has 132 valence electrons. The van der Waals surface area contributed by atoms with Crippen LogP contribution in [-0.4, -0.2) is 37.7 Å². The van der Waals surface area contributed by atoms with Gasteiger partial charge in [0.1, 0.15) is 5.82 Å². The van der Waals surface area contributed by atoms with E-state index in [0.29, 0.717) is 0 Å². The first-order chi connectivity index (χ1) is 11.2. The van der Waals surface area contributed by atoms with E-state index >= 15 is 0 Å². The molecule has 1 aliphatic rings. The second-order valence-electron chi connectivity index (χ2n) is 5.86. The van der Waals surface area contributed by atoms with Crippen molar-refractivity contribution in [2.75, 3.05) is 32.8 Å². The molecule has 24 heavy (non-hydrogen) atoms. The highest BCUT2D eigenvalue weighted by molar-refractivity contribution is 7.11. The number of morpholine rings is 1. The van der Waals surface area contributed by atoms with Crippen LogP contribution in [0.25, 0.3) is 0 Å². The Labute approximate surface area is 153 Å². The molecule has 0 bridgehead atoms. The number of ether oxygens (including phenoxy) is 1. The molecule has 3 rings (SSSR count). The third-order valence-electron chi connectivity index (χ3n) is 4.15. The molecule has 0 saturated carbocycles. The summed E-state index contributed by atoms with van der Waals surface area (Å²) in [5.74, 6) is -0.172. The van der Waals surface area contributed by atoms with Crippen LogP contribution in [0.4, 0.5) is 4.39 Å². The van der Waals surface area contributed by atoms with Gasteiger partial charge in [0.2, 0.25) is 0 Å². The van der Waals surface area contributed by atoms with Crippen molar-refractivity contribution in [2.24, 2.45) is 0 Å². The Balaban J connectivity index is 0.00000208. The SMILES string of the molecule is Cc1ccc(CNCC(c2cccc(F)c2)N2CCOCC2)s1.Cl. The summed E-state index contributed by atoms with van der Waals surface area (Å²) < 4.78 is 19.1. The fraction of sp³-hybridized carbons (Fsp3) is 0.444. The molecule has 1 N–H and O–H groups in total. The van der Waals surface area contributed by atoms with Crippen LogP contribution in [0.5, 0.6) is 0 Å². The van der Waals surface area contributed by atoms with E-state index in [1.807, 2.05) is 17.4 Å². The molecular formula is C18H24ClFN2OS. The Morgan fingerprint density at radius 3 is 2.71 bits per heavy atom. The number of hydrogen-bond acceptors (Lipinski definition) is 4. The van der Waals surface area contributed by atoms with E-state index in [1.54, 1.807) is 12.1 Å². The fourth-order valence-corrected chi connectivity index (χ4v) is 3.83. The molecule has 0 radical (unpaired) electrons. The number of rotatable bonds is 6. The molecule has 2 aromatic rings. The average Bonchev–Trinajstić information content (AvgIpc) is 2.98. The molecule has 1 aromatic heterocycles. The van der Waals surface area contributed by atoms with Crippen LogP contribution in [-0.2, 0) is 11.3 Å². The largest absolute Gasteiger partial charge is 0.379 e. The summed E-state index contributed by atoms with van der Waals surface area (Å²) in [6.07, 6.45) is 0. The van der Waals surface area contributed by atoms with Gasteiger partial charge in [-0.3, -0.25) is 4.90 Å². The highest BCUT2D eigenvalue weighted by Gasteiger charge is 2.22. The van der Waals surface area contributed by atoms with Crippen molar-refractivity contribution < 1.29 is 9.13 Å². The predicted octanol–water partition coefficient (Wildman–Crippen LogP) is 3.78. The van der Waals surface area contributed by atoms with E-state index < -0.39 is 0 Å². The van der Waals surface area contributed by atoms with E-state index in [4.69, 9.17) is 4.74 Å². The lowest BCUT2D eigenvalue weighted by Crippen LogP contribution is -2.42. The van der Waals surface area contributed by atoms with Crippen molar-refractivity contribution in [3.05, 3.63) is 57.5 Å². The molecule has 1 aliphatic heterocycles. The third kappa shape index (κ3) is 5.26. The van der Waals surface area contributed by atoms with Crippen LogP contribution in [0.1, 0.15) is 21.4 Å². The average molecular weight is 371 g/mol. The van der Waals surface area contributed by atoms with E-state index in [-0.39, 0.29) is 24.3 Å². The summed E-state index contributed by atoms with van der Waals surface area (Å²) in [5.41, 5.74) is 1.03. The molecule has 1 unspecified atom stereocenters. The fourth-order valence-electron chi connectivity index (χ4n) is 2.97. The second kappa shape index (κ2) is 9.49. The lowest BCUT2D eigenvalue weighted by Gasteiger charge is -2.35. The Kier molecular flexibility index (Phi) is 7.65. The third-order valence-corrected chi connectivity index (χ3v) is 5.15. The first-order valence-electron chi connectivity index (χ1n) is 8.05. The molecule has 0 spiro atoms. The normalized spacial score (nSPS) is 16.6. The van der Waals surface area contributed by atoms with Gasteiger partial charge in [-0.05, 0) is 36.8 Å². The lowest BCUT2D eigenvalue weighted by molar-refractivity contribution is 0.0160. The zero-order chi connectivity index (χ0) is 16.1. The summed E-state index contributed by atoms with van der Waals surface area (Å²) in [4.78, 5) is 5.05. The van der Waals surface area contributed by atoms with Gasteiger partial charge in [0.25, 0.3) is 0 Å². The second-order valence-corrected chi connectivity index (χ2v) is 7.23. The number of benzene rings is 1. The van der Waals surface area contributed by atoms with Gasteiger partial charge < -0.3 is 10.1 Å². The number of thiophene rings is 1. The van der Waals surface area contributed by atoms with Crippen molar-refractivity contribution in [1.82, 2.24) is 10.2 Å². The molecule has 2 heterocycles. The molecule has 1 aromatic carbocycles. The van der Waals surface area contributed by atoms with Crippen molar-refractivity contribution in [3.8, 4) is 0 Å². The van der Waals surface area contributed by atoms with Crippen LogP contribution >= 0.6 is 23.7 Å². The minimum Gasteiger partial charge on any atom is -0.379 e. The maximum atomic E-state index is 13.6. The summed E-state index contributed by atoms with van der Waals surface area (Å²) in [5, 5.41) is 3.54. The molecule has 0 aliphatic carbocycles. The number of halogens is 2. The van der Waals surface area contributed by atoms with Gasteiger partial charge in [-0.1, -0.05) is 12.1 Å². The van der Waals surface area contributed by atoms with Crippen molar-refractivity contribution in [1.29, 1.82) is 0 Å². The number of aryl methyl sites for hydroxylation is 1. The van der Waals surface area contributed by atoms with Gasteiger partial charge in [0.15, 0.2) is 0 Å². The summed E-state index contributed by atoms with van der Waals surface area (Å²) in [6, 6.07) is 11.4. The van der Waals surface area contributed by atoms with Crippen LogP contribution in [0.2, 0.25) is 0 Å². The van der Waals surface area contributed by atoms with E-state index in [9.17, 15) is 4.39 Å². The minimum atomic E-state index is -0.172. The van der Waals surface area contributed by atoms with Gasteiger partial charge in [-0.2, -0.15) is 0 Å². The van der Waals surface area contributed by atoms with E-state index in [0.717, 1.165) is 45.0 Å². The zero-order valence-electron chi connectivity index (χ0n) is 13.8. The van der Waals surface area contributed by atoms with Gasteiger partial charge in [-0.25, -0.2) is 4.39 Å². The maximum absolute atomic E-state index is 13.6. The first-order valence-corrected chi connectivity index (χ1v) is 8.87. The van der Waals surface area contributed by atoms with Crippen molar-refractivity contribution in [3.63, 3.8) is 0 Å². The highest BCUT2D eigenvalue weighted by Crippen LogP contribution is 2.22. The quantitative estimate of drug-likeness (QED) is 0.837. The van der Waals surface area contributed by atoms with E-state index in [1.165, 1.54) is 15.8 Å². The van der Waals surface area contributed by atoms with Crippen molar-refractivity contribution in [2.45, 2.75) is 19.5 Å². The topological polar surface area (TPSA) is 24.5 Å². The van der Waals surface area contributed by atoms with E-state index in [2.05, 4.69) is 29.3 Å². The molecule has 1 saturated heterocycles. The van der Waals surface area contributed by atoms with Gasteiger partial charge in [0, 0.05) is 42.0 Å². The minimum absolute atomic E-state index is 0. The van der Waals surface area contributed by atoms with Crippen LogP contribution in [0.15, 0.2) is 36.4 Å². The number of nitrogens with one attached hydrogen (secondary N) is 1. The number of hydrogen-bond donors (Lipinski definition) is 1. The smallest absolute Gasteiger partial charge is 0.123 e. The number of nitrogens with zero attached hydrogens (tertiary/aromatic N) is 1. The van der Waals surface area contributed by atoms with Crippen LogP contribution in [0, 0.1) is 12.7 Å². The maximum Gasteiger partial charge on any atom is 0.123 e. The highest BCUT2D eigenvalue weighted by atomic mass is 35.5. The van der Waals surface area contributed by atoms with Gasteiger partial charge in [-0.15, -0.1) is 23.7 Å². The van der Waals surface area contributed by atoms with Crippen molar-refractivity contribution >= 4 is 23.7 Å². The molecule has 0 amide bonds. The monoisotopic (exact) mass is 370 g/mol. The predicted molar refractivity (Wildman–Crippen MR) is 99.5 cm³/mol. The molecule has 1 atom stereocenters. The zero-order valence-corrected chi connectivity index (χ0v) is 15.5. The first kappa shape index (κ1) is 19.3. The molecule has 6 heteroatoms. The summed E-state index contributed by atoms with van der Waals surface area (Å²) in [7, 11) is 0. The molecular weight excluding hydrogens is 347 g/mol. The standard InChI is InChI=1S/C18H23FN2OS.ClH/c1-14-5-6-17(23-14)12-20-13-18(21-7-9-22-10-8-21)15-3-2-4-16(19)11-15;/h2-6,11,18,20H,7-10,12-13H2,1H3;1H. The van der Waals surface area contributed by atoms with Crippen LogP contribution < -0.4 is 5.32 Å². The molecule has 1 fully saturated rings. The summed E-state index contributed by atoms with van der Waals surface area (Å²) in [6.45, 7) is 7.06. The Hall–Kier alpha value is -0.980. The Morgan fingerprint density at radius 2 is 2.04 bits per heavy atom.